The van der Waals surface area contributed by atoms with Crippen LogP contribution in [0.2, 0.25) is 0 Å². The maximum absolute atomic E-state index is 13.8. The molecule has 1 saturated heterocycles. The van der Waals surface area contributed by atoms with Crippen LogP contribution in [0, 0.1) is 5.82 Å². The zero-order valence-corrected chi connectivity index (χ0v) is 22.3. The minimum absolute atomic E-state index is 0.0767. The molecule has 1 amide bonds. The van der Waals surface area contributed by atoms with Crippen LogP contribution in [0.3, 0.4) is 0 Å². The fourth-order valence-electron chi connectivity index (χ4n) is 5.02. The van der Waals surface area contributed by atoms with Crippen molar-refractivity contribution in [3.05, 3.63) is 83.7 Å². The van der Waals surface area contributed by atoms with E-state index in [1.165, 1.54) is 24.3 Å². The molecular formula is C31H31FN2O5. The third-order valence-electron chi connectivity index (χ3n) is 6.98. The van der Waals surface area contributed by atoms with E-state index in [2.05, 4.69) is 0 Å². The second-order valence-electron chi connectivity index (χ2n) is 9.39. The highest BCUT2D eigenvalue weighted by atomic mass is 19.1. The van der Waals surface area contributed by atoms with Crippen LogP contribution < -0.4 is 14.2 Å². The van der Waals surface area contributed by atoms with Gasteiger partial charge in [0.05, 0.1) is 33.1 Å². The van der Waals surface area contributed by atoms with E-state index < -0.39 is 5.82 Å². The number of halogens is 1. The number of hydrogen-bond acceptors (Lipinski definition) is 6. The number of amides is 1. The molecule has 0 N–H and O–H groups in total. The quantitative estimate of drug-likeness (QED) is 0.269. The van der Waals surface area contributed by atoms with Gasteiger partial charge in [0.15, 0.2) is 0 Å². The molecule has 3 aromatic carbocycles. The van der Waals surface area contributed by atoms with E-state index in [4.69, 9.17) is 23.9 Å². The Kier molecular flexibility index (Phi) is 7.93. The number of nitrogens with zero attached hydrogens (tertiary/aromatic N) is 2. The van der Waals surface area contributed by atoms with E-state index in [0.717, 1.165) is 29.4 Å². The van der Waals surface area contributed by atoms with Gasteiger partial charge in [-0.3, -0.25) is 4.79 Å². The van der Waals surface area contributed by atoms with Crippen molar-refractivity contribution in [2.24, 2.45) is 0 Å². The smallest absolute Gasteiger partial charge is 0.254 e. The van der Waals surface area contributed by atoms with Crippen LogP contribution in [0.1, 0.15) is 28.8 Å². The van der Waals surface area contributed by atoms with Gasteiger partial charge in [-0.05, 0) is 73.0 Å². The first-order valence-electron chi connectivity index (χ1n) is 12.9. The summed E-state index contributed by atoms with van der Waals surface area (Å²) < 4.78 is 36.5. The Hall–Kier alpha value is -4.17. The van der Waals surface area contributed by atoms with E-state index in [9.17, 15) is 9.18 Å². The lowest BCUT2D eigenvalue weighted by Crippen LogP contribution is -2.37. The zero-order chi connectivity index (χ0) is 27.4. The van der Waals surface area contributed by atoms with Crippen molar-refractivity contribution < 1.29 is 28.1 Å². The van der Waals surface area contributed by atoms with Crippen molar-refractivity contribution in [2.45, 2.75) is 25.5 Å². The van der Waals surface area contributed by atoms with Crippen LogP contribution in [0.5, 0.6) is 17.2 Å². The van der Waals surface area contributed by atoms with E-state index in [1.54, 1.807) is 26.2 Å². The topological polar surface area (TPSA) is 70.1 Å². The van der Waals surface area contributed by atoms with Crippen molar-refractivity contribution in [1.82, 2.24) is 9.88 Å². The Morgan fingerprint density at radius 1 is 0.974 bits per heavy atom. The summed E-state index contributed by atoms with van der Waals surface area (Å²) in [5, 5.41) is 0.761. The summed E-state index contributed by atoms with van der Waals surface area (Å²) in [5.41, 5.74) is 3.29. The van der Waals surface area contributed by atoms with Crippen molar-refractivity contribution in [3.8, 4) is 28.5 Å². The third-order valence-corrected chi connectivity index (χ3v) is 6.98. The molecule has 7 nitrogen and oxygen atoms in total. The first-order chi connectivity index (χ1) is 19.0. The zero-order valence-electron chi connectivity index (χ0n) is 22.3. The van der Waals surface area contributed by atoms with Gasteiger partial charge in [0.25, 0.3) is 5.91 Å². The summed E-state index contributed by atoms with van der Waals surface area (Å²) in [6.07, 6.45) is 1.74. The largest absolute Gasteiger partial charge is 0.496 e. The predicted molar refractivity (Wildman–Crippen MR) is 147 cm³/mol. The van der Waals surface area contributed by atoms with Crippen molar-refractivity contribution in [3.63, 3.8) is 0 Å². The second kappa shape index (κ2) is 11.7. The second-order valence-corrected chi connectivity index (χ2v) is 9.39. The summed E-state index contributed by atoms with van der Waals surface area (Å²) >= 11 is 0. The molecule has 202 valence electrons. The Balaban J connectivity index is 1.67. The molecule has 0 radical (unpaired) electrons. The monoisotopic (exact) mass is 530 g/mol. The van der Waals surface area contributed by atoms with Gasteiger partial charge in [0, 0.05) is 36.2 Å². The maximum atomic E-state index is 13.8. The molecule has 1 fully saturated rings. The number of para-hydroxylation sites is 1. The Morgan fingerprint density at radius 3 is 2.38 bits per heavy atom. The number of carbonyl (C=O) groups excluding carboxylic acids is 1. The van der Waals surface area contributed by atoms with Gasteiger partial charge < -0.3 is 23.8 Å². The highest BCUT2D eigenvalue weighted by Crippen LogP contribution is 2.38. The predicted octanol–water partition coefficient (Wildman–Crippen LogP) is 5.89. The molecule has 0 saturated carbocycles. The van der Waals surface area contributed by atoms with Gasteiger partial charge in [0.1, 0.15) is 28.6 Å². The fourth-order valence-corrected chi connectivity index (χ4v) is 5.02. The molecule has 0 unspecified atom stereocenters. The van der Waals surface area contributed by atoms with Crippen molar-refractivity contribution in [2.75, 3.05) is 34.5 Å². The maximum Gasteiger partial charge on any atom is 0.254 e. The summed E-state index contributed by atoms with van der Waals surface area (Å²) in [4.78, 5) is 20.6. The minimum atomic E-state index is -0.393. The number of fused-ring (bicyclic) bond motifs is 1. The number of ether oxygens (including phenoxy) is 4. The molecule has 2 heterocycles. The summed E-state index contributed by atoms with van der Waals surface area (Å²) in [7, 11) is 4.83. The van der Waals surface area contributed by atoms with Gasteiger partial charge >= 0.3 is 0 Å². The number of rotatable bonds is 9. The molecule has 0 spiro atoms. The molecule has 4 aromatic rings. The van der Waals surface area contributed by atoms with Crippen LogP contribution in [-0.4, -0.2) is 56.4 Å². The standard InChI is InChI=1S/C31H31FN2O5/c1-36-26-9-5-4-8-24(26)29-21(17-25-27(37-2)14-15-28(38-3)30(25)33-29)18-34(19-23-7-6-16-39-23)31(35)20-10-12-22(32)13-11-20/h4-5,8-15,17,23H,6-7,16,18-19H2,1-3H3/t23-/m1/s1. The molecule has 1 atom stereocenters. The average molecular weight is 531 g/mol. The molecule has 0 bridgehead atoms. The summed E-state index contributed by atoms with van der Waals surface area (Å²) in [6.45, 7) is 1.31. The Bertz CT molecular complexity index is 1470. The van der Waals surface area contributed by atoms with Crippen LogP contribution in [0.25, 0.3) is 22.2 Å². The van der Waals surface area contributed by atoms with Crippen LogP contribution in [0.15, 0.2) is 66.7 Å². The number of carbonyl (C=O) groups is 1. The number of aromatic nitrogens is 1. The minimum Gasteiger partial charge on any atom is -0.496 e. The normalized spacial score (nSPS) is 14.8. The molecule has 5 rings (SSSR count). The molecule has 1 aliphatic rings. The third kappa shape index (κ3) is 5.52. The Morgan fingerprint density at radius 2 is 1.69 bits per heavy atom. The van der Waals surface area contributed by atoms with Crippen molar-refractivity contribution in [1.29, 1.82) is 0 Å². The van der Waals surface area contributed by atoms with E-state index in [-0.39, 0.29) is 18.6 Å². The summed E-state index contributed by atoms with van der Waals surface area (Å²) in [5.74, 6) is 1.29. The number of methoxy groups -OCH3 is 3. The van der Waals surface area contributed by atoms with E-state index in [1.807, 2.05) is 42.5 Å². The molecular weight excluding hydrogens is 499 g/mol. The van der Waals surface area contributed by atoms with Gasteiger partial charge in [-0.1, -0.05) is 12.1 Å². The highest BCUT2D eigenvalue weighted by molar-refractivity contribution is 5.95. The van der Waals surface area contributed by atoms with Crippen LogP contribution in [-0.2, 0) is 11.3 Å². The molecule has 8 heteroatoms. The summed E-state index contributed by atoms with van der Waals surface area (Å²) in [6, 6.07) is 18.9. The first-order valence-corrected chi connectivity index (χ1v) is 12.9. The van der Waals surface area contributed by atoms with Gasteiger partial charge in [-0.15, -0.1) is 0 Å². The van der Waals surface area contributed by atoms with Crippen LogP contribution >= 0.6 is 0 Å². The number of hydrogen-bond donors (Lipinski definition) is 0. The molecule has 39 heavy (non-hydrogen) atoms. The van der Waals surface area contributed by atoms with E-state index in [0.29, 0.717) is 47.2 Å². The van der Waals surface area contributed by atoms with E-state index >= 15 is 0 Å². The highest BCUT2D eigenvalue weighted by Gasteiger charge is 2.26. The lowest BCUT2D eigenvalue weighted by atomic mass is 10.0. The molecule has 0 aliphatic carbocycles. The van der Waals surface area contributed by atoms with Gasteiger partial charge in [0.2, 0.25) is 0 Å². The fraction of sp³-hybridized carbons (Fsp3) is 0.290. The first kappa shape index (κ1) is 26.4. The van der Waals surface area contributed by atoms with Crippen molar-refractivity contribution >= 4 is 16.8 Å². The average Bonchev–Trinajstić information content (AvgIpc) is 3.49. The number of benzene rings is 3. The lowest BCUT2D eigenvalue weighted by Gasteiger charge is -2.27. The molecule has 1 aromatic heterocycles. The SMILES string of the molecule is COc1ccccc1-c1nc2c(OC)ccc(OC)c2cc1CN(C[C@H]1CCCO1)C(=O)c1ccc(F)cc1. The molecule has 1 aliphatic heterocycles. The van der Waals surface area contributed by atoms with Gasteiger partial charge in [-0.25, -0.2) is 9.37 Å². The Labute approximate surface area is 227 Å². The van der Waals surface area contributed by atoms with Crippen LogP contribution in [0.4, 0.5) is 4.39 Å². The van der Waals surface area contributed by atoms with Gasteiger partial charge in [-0.2, -0.15) is 0 Å². The lowest BCUT2D eigenvalue weighted by molar-refractivity contribution is 0.0507. The number of pyridine rings is 1.